The molecule has 1 aromatic heterocycles. The van der Waals surface area contributed by atoms with E-state index in [1.165, 1.54) is 33.5 Å². The van der Waals surface area contributed by atoms with Gasteiger partial charge in [0.25, 0.3) is 5.56 Å². The summed E-state index contributed by atoms with van der Waals surface area (Å²) in [7, 11) is 4.85. The van der Waals surface area contributed by atoms with E-state index in [0.717, 1.165) is 23.0 Å². The second-order valence-electron chi connectivity index (χ2n) is 8.41. The molecule has 12 heteroatoms. The summed E-state index contributed by atoms with van der Waals surface area (Å²) in [6.07, 6.45) is 1.57. The lowest BCUT2D eigenvalue weighted by atomic mass is 9.83. The Bertz CT molecular complexity index is 1730. The van der Waals surface area contributed by atoms with Crippen LogP contribution in [0.1, 0.15) is 37.8 Å². The molecule has 0 aliphatic carbocycles. The minimum atomic E-state index is -1.07. The molecule has 0 unspecified atom stereocenters. The van der Waals surface area contributed by atoms with Crippen molar-refractivity contribution in [1.82, 2.24) is 4.57 Å². The molecule has 1 aliphatic rings. The molecule has 40 heavy (non-hydrogen) atoms. The summed E-state index contributed by atoms with van der Waals surface area (Å²) in [5.41, 5.74) is 7.29. The van der Waals surface area contributed by atoms with Gasteiger partial charge in [-0.05, 0) is 41.5 Å². The van der Waals surface area contributed by atoms with Crippen molar-refractivity contribution in [2.75, 3.05) is 28.4 Å². The minimum absolute atomic E-state index is 0.00860. The standard InChI is InChI=1S/C28H24N2O9S/c1-36-25(32)16-7-5-14(6-8-16)13-18-23(31)30-22(29)20(27(34)38-3)19(21(24(30)40-18)28(35)39-4)15-9-11-17(12-10-15)26(33)37-2/h5-13,19H,29H2,1-4H3/b18-13-/t19-/m1/s1. The number of nitrogens with zero attached hydrogens (tertiary/aromatic N) is 1. The van der Waals surface area contributed by atoms with Gasteiger partial charge in [0, 0.05) is 0 Å². The fraction of sp³-hybridized carbons (Fsp3) is 0.179. The zero-order valence-corrected chi connectivity index (χ0v) is 22.7. The van der Waals surface area contributed by atoms with Gasteiger partial charge in [-0.15, -0.1) is 11.3 Å². The summed E-state index contributed by atoms with van der Waals surface area (Å²) >= 11 is 0.984. The van der Waals surface area contributed by atoms with Crippen LogP contribution in [0, 0.1) is 0 Å². The van der Waals surface area contributed by atoms with Crippen molar-refractivity contribution in [2.45, 2.75) is 5.92 Å². The third-order valence-corrected chi connectivity index (χ3v) is 7.36. The molecule has 0 saturated carbocycles. The fourth-order valence-corrected chi connectivity index (χ4v) is 5.48. The number of aromatic nitrogens is 1. The predicted octanol–water partition coefficient (Wildman–Crippen LogP) is 0.733. The van der Waals surface area contributed by atoms with Crippen molar-refractivity contribution in [1.29, 1.82) is 0 Å². The van der Waals surface area contributed by atoms with Gasteiger partial charge in [-0.1, -0.05) is 24.3 Å². The number of rotatable bonds is 6. The van der Waals surface area contributed by atoms with E-state index in [1.807, 2.05) is 0 Å². The lowest BCUT2D eigenvalue weighted by molar-refractivity contribution is -0.136. The zero-order valence-electron chi connectivity index (χ0n) is 21.9. The third kappa shape index (κ3) is 4.92. The van der Waals surface area contributed by atoms with Gasteiger partial charge >= 0.3 is 23.9 Å². The maximum atomic E-state index is 13.5. The number of esters is 4. The van der Waals surface area contributed by atoms with Gasteiger partial charge in [0.05, 0.1) is 61.2 Å². The number of hydrogen-bond acceptors (Lipinski definition) is 11. The van der Waals surface area contributed by atoms with Gasteiger partial charge in [0.2, 0.25) is 0 Å². The SMILES string of the molecule is COC(=O)C1=C(N)n2c(s/c(=C\c3ccc(C(=O)OC)cc3)c2=O)=C(C(=O)OC)[C@@H]1c1ccc(C(=O)OC)cc1. The van der Waals surface area contributed by atoms with Crippen molar-refractivity contribution in [2.24, 2.45) is 5.73 Å². The Morgan fingerprint density at radius 1 is 0.750 bits per heavy atom. The average Bonchev–Trinajstić information content (AvgIpc) is 3.31. The minimum Gasteiger partial charge on any atom is -0.466 e. The van der Waals surface area contributed by atoms with E-state index in [-0.39, 0.29) is 31.7 Å². The number of benzene rings is 2. The first kappa shape index (κ1) is 28.0. The Hall–Kier alpha value is -4.97. The van der Waals surface area contributed by atoms with E-state index < -0.39 is 35.4 Å². The smallest absolute Gasteiger partial charge is 0.338 e. The molecular formula is C28H24N2O9S. The number of methoxy groups -OCH3 is 4. The molecule has 2 aromatic carbocycles. The van der Waals surface area contributed by atoms with Crippen LogP contribution in [-0.4, -0.2) is 56.9 Å². The van der Waals surface area contributed by atoms with Gasteiger partial charge in [0.15, 0.2) is 0 Å². The predicted molar refractivity (Wildman–Crippen MR) is 145 cm³/mol. The first-order valence-corrected chi connectivity index (χ1v) is 12.5. The van der Waals surface area contributed by atoms with Crippen molar-refractivity contribution in [3.05, 3.63) is 95.9 Å². The first-order valence-electron chi connectivity index (χ1n) is 11.7. The molecule has 4 rings (SSSR count). The molecule has 3 aromatic rings. The van der Waals surface area contributed by atoms with E-state index in [9.17, 15) is 24.0 Å². The number of carbonyl (C=O) groups excluding carboxylic acids is 4. The van der Waals surface area contributed by atoms with Crippen LogP contribution in [0.3, 0.4) is 0 Å². The molecule has 11 nitrogen and oxygen atoms in total. The molecule has 206 valence electrons. The molecule has 0 fully saturated rings. The van der Waals surface area contributed by atoms with E-state index >= 15 is 0 Å². The number of fused-ring (bicyclic) bond motifs is 1. The van der Waals surface area contributed by atoms with Crippen LogP contribution in [0.4, 0.5) is 0 Å². The second kappa shape index (κ2) is 11.4. The molecule has 1 aliphatic heterocycles. The lowest BCUT2D eigenvalue weighted by Crippen LogP contribution is -2.41. The van der Waals surface area contributed by atoms with Crippen LogP contribution >= 0.6 is 11.3 Å². The fourth-order valence-electron chi connectivity index (χ4n) is 4.31. The van der Waals surface area contributed by atoms with Crippen molar-refractivity contribution >= 4 is 52.7 Å². The number of hydrogen-bond donors (Lipinski definition) is 1. The topological polar surface area (TPSA) is 153 Å². The van der Waals surface area contributed by atoms with Crippen molar-refractivity contribution in [3.63, 3.8) is 0 Å². The Labute approximate surface area is 231 Å². The Balaban J connectivity index is 2.01. The van der Waals surface area contributed by atoms with Gasteiger partial charge in [-0.25, -0.2) is 19.2 Å². The van der Waals surface area contributed by atoms with E-state index in [0.29, 0.717) is 16.7 Å². The molecular weight excluding hydrogens is 540 g/mol. The Morgan fingerprint density at radius 2 is 1.23 bits per heavy atom. The maximum absolute atomic E-state index is 13.5. The number of carbonyl (C=O) groups is 4. The molecule has 0 radical (unpaired) electrons. The normalized spacial score (nSPS) is 14.8. The molecule has 0 bridgehead atoms. The van der Waals surface area contributed by atoms with Gasteiger partial charge < -0.3 is 24.7 Å². The summed E-state index contributed by atoms with van der Waals surface area (Å²) in [5.74, 6) is -4.00. The summed E-state index contributed by atoms with van der Waals surface area (Å²) < 4.78 is 20.9. The third-order valence-electron chi connectivity index (χ3n) is 6.25. The van der Waals surface area contributed by atoms with Crippen LogP contribution in [0.15, 0.2) is 58.9 Å². The molecule has 2 heterocycles. The van der Waals surface area contributed by atoms with Crippen LogP contribution in [-0.2, 0) is 28.5 Å². The van der Waals surface area contributed by atoms with E-state index in [2.05, 4.69) is 0 Å². The molecule has 1 atom stereocenters. The molecule has 0 amide bonds. The molecule has 0 saturated heterocycles. The average molecular weight is 565 g/mol. The Morgan fingerprint density at radius 3 is 1.73 bits per heavy atom. The quantitative estimate of drug-likeness (QED) is 0.335. The van der Waals surface area contributed by atoms with Crippen molar-refractivity contribution < 1.29 is 38.1 Å². The summed E-state index contributed by atoms with van der Waals surface area (Å²) in [6.45, 7) is 0. The first-order chi connectivity index (χ1) is 19.2. The van der Waals surface area contributed by atoms with E-state index in [1.54, 1.807) is 42.5 Å². The highest BCUT2D eigenvalue weighted by molar-refractivity contribution is 7.07. The zero-order chi connectivity index (χ0) is 29.1. The van der Waals surface area contributed by atoms with Gasteiger partial charge in [-0.3, -0.25) is 9.36 Å². The van der Waals surface area contributed by atoms with E-state index in [4.69, 9.17) is 24.7 Å². The summed E-state index contributed by atoms with van der Waals surface area (Å²) in [6, 6.07) is 12.4. The monoisotopic (exact) mass is 564 g/mol. The summed E-state index contributed by atoms with van der Waals surface area (Å²) in [5, 5.41) is 0. The maximum Gasteiger partial charge on any atom is 0.338 e. The number of thiazole rings is 1. The van der Waals surface area contributed by atoms with Crippen LogP contribution in [0.2, 0.25) is 0 Å². The summed E-state index contributed by atoms with van der Waals surface area (Å²) in [4.78, 5) is 63.4. The highest BCUT2D eigenvalue weighted by Gasteiger charge is 2.39. The van der Waals surface area contributed by atoms with Crippen LogP contribution in [0.25, 0.3) is 17.5 Å². The molecule has 0 spiro atoms. The number of nitrogens with two attached hydrogens (primary N) is 1. The lowest BCUT2D eigenvalue weighted by Gasteiger charge is -2.26. The van der Waals surface area contributed by atoms with Gasteiger partial charge in [0.1, 0.15) is 10.5 Å². The largest absolute Gasteiger partial charge is 0.466 e. The Kier molecular flexibility index (Phi) is 8.00. The second-order valence-corrected chi connectivity index (χ2v) is 9.44. The highest BCUT2D eigenvalue weighted by Crippen LogP contribution is 2.37. The van der Waals surface area contributed by atoms with Crippen LogP contribution in [0.5, 0.6) is 0 Å². The number of ether oxygens (including phenoxy) is 4. The van der Waals surface area contributed by atoms with Crippen LogP contribution < -0.4 is 20.5 Å². The van der Waals surface area contributed by atoms with Gasteiger partial charge in [-0.2, -0.15) is 0 Å². The van der Waals surface area contributed by atoms with Crippen molar-refractivity contribution in [3.8, 4) is 0 Å². The molecule has 2 N–H and O–H groups in total. The highest BCUT2D eigenvalue weighted by atomic mass is 32.1.